The smallest absolute Gasteiger partial charge is 0.165 e. The molecule has 1 heterocycles. The van der Waals surface area contributed by atoms with E-state index < -0.39 is 5.82 Å². The first kappa shape index (κ1) is 9.65. The van der Waals surface area contributed by atoms with Gasteiger partial charge in [-0.3, -0.25) is 4.98 Å². The molecular formula is C12H10FNO. The number of aromatic hydroxyl groups is 1. The predicted molar refractivity (Wildman–Crippen MR) is 56.0 cm³/mol. The normalized spacial score (nSPS) is 10.3. The number of aryl methyl sites for hydroxylation is 1. The van der Waals surface area contributed by atoms with Gasteiger partial charge in [0.2, 0.25) is 0 Å². The zero-order valence-corrected chi connectivity index (χ0v) is 8.24. The Morgan fingerprint density at radius 1 is 1.27 bits per heavy atom. The molecule has 0 unspecified atom stereocenters. The molecule has 76 valence electrons. The van der Waals surface area contributed by atoms with E-state index in [0.29, 0.717) is 0 Å². The number of rotatable bonds is 1. The van der Waals surface area contributed by atoms with Gasteiger partial charge in [0.05, 0.1) is 0 Å². The van der Waals surface area contributed by atoms with Gasteiger partial charge in [-0.1, -0.05) is 6.07 Å². The van der Waals surface area contributed by atoms with E-state index in [4.69, 9.17) is 5.11 Å². The topological polar surface area (TPSA) is 33.1 Å². The fourth-order valence-electron chi connectivity index (χ4n) is 1.47. The molecular weight excluding hydrogens is 193 g/mol. The molecule has 0 saturated carbocycles. The van der Waals surface area contributed by atoms with Crippen LogP contribution in [-0.2, 0) is 0 Å². The number of benzene rings is 1. The Bertz CT molecular complexity index is 497. The highest BCUT2D eigenvalue weighted by Crippen LogP contribution is 2.26. The summed E-state index contributed by atoms with van der Waals surface area (Å²) in [7, 11) is 0. The van der Waals surface area contributed by atoms with Gasteiger partial charge in [0.25, 0.3) is 0 Å². The van der Waals surface area contributed by atoms with Gasteiger partial charge in [0.15, 0.2) is 11.6 Å². The molecule has 15 heavy (non-hydrogen) atoms. The first-order chi connectivity index (χ1) is 7.18. The summed E-state index contributed by atoms with van der Waals surface area (Å²) in [5.74, 6) is -0.936. The maximum absolute atomic E-state index is 13.1. The minimum atomic E-state index is -0.608. The third kappa shape index (κ3) is 1.81. The van der Waals surface area contributed by atoms with Crippen LogP contribution in [0.5, 0.6) is 5.75 Å². The molecule has 0 aliphatic rings. The lowest BCUT2D eigenvalue weighted by Crippen LogP contribution is -1.85. The summed E-state index contributed by atoms with van der Waals surface area (Å²) in [6.07, 6.45) is 3.38. The number of aromatic nitrogens is 1. The maximum Gasteiger partial charge on any atom is 0.165 e. The van der Waals surface area contributed by atoms with Crippen LogP contribution in [-0.4, -0.2) is 10.1 Å². The second-order valence-corrected chi connectivity index (χ2v) is 3.36. The lowest BCUT2D eigenvalue weighted by Gasteiger charge is -2.05. The number of phenolic OH excluding ortho intramolecular Hbond substituents is 1. The van der Waals surface area contributed by atoms with Crippen molar-refractivity contribution < 1.29 is 9.50 Å². The molecule has 0 atom stereocenters. The highest BCUT2D eigenvalue weighted by atomic mass is 19.1. The van der Waals surface area contributed by atoms with Gasteiger partial charge >= 0.3 is 0 Å². The van der Waals surface area contributed by atoms with E-state index in [1.807, 2.05) is 13.0 Å². The van der Waals surface area contributed by atoms with Gasteiger partial charge in [-0.15, -0.1) is 0 Å². The van der Waals surface area contributed by atoms with Gasteiger partial charge in [-0.2, -0.15) is 0 Å². The van der Waals surface area contributed by atoms with Crippen LogP contribution >= 0.6 is 0 Å². The third-order valence-corrected chi connectivity index (χ3v) is 2.28. The number of hydrogen-bond acceptors (Lipinski definition) is 2. The Balaban J connectivity index is 2.55. The summed E-state index contributed by atoms with van der Waals surface area (Å²) < 4.78 is 13.1. The van der Waals surface area contributed by atoms with Gasteiger partial charge in [0.1, 0.15) is 0 Å². The van der Waals surface area contributed by atoms with Crippen molar-refractivity contribution in [3.63, 3.8) is 0 Å². The molecule has 0 aliphatic carbocycles. The van der Waals surface area contributed by atoms with Crippen LogP contribution in [0.2, 0.25) is 0 Å². The number of pyridine rings is 1. The highest BCUT2D eigenvalue weighted by molar-refractivity contribution is 5.67. The second kappa shape index (κ2) is 3.69. The quantitative estimate of drug-likeness (QED) is 0.773. The van der Waals surface area contributed by atoms with E-state index in [2.05, 4.69) is 4.98 Å². The average Bonchev–Trinajstić information content (AvgIpc) is 2.23. The maximum atomic E-state index is 13.1. The summed E-state index contributed by atoms with van der Waals surface area (Å²) in [5, 5.41) is 9.07. The molecule has 0 spiro atoms. The minimum Gasteiger partial charge on any atom is -0.505 e. The molecule has 0 saturated heterocycles. The molecule has 2 aromatic rings. The Kier molecular flexibility index (Phi) is 2.37. The highest BCUT2D eigenvalue weighted by Gasteiger charge is 2.05. The van der Waals surface area contributed by atoms with Crippen molar-refractivity contribution in [2.24, 2.45) is 0 Å². The van der Waals surface area contributed by atoms with Crippen molar-refractivity contribution in [1.29, 1.82) is 0 Å². The SMILES string of the molecule is Cc1cnccc1-c1ccc(O)c(F)c1. The number of nitrogens with zero attached hydrogens (tertiary/aromatic N) is 1. The van der Waals surface area contributed by atoms with E-state index in [-0.39, 0.29) is 5.75 Å². The van der Waals surface area contributed by atoms with Crippen LogP contribution in [0.25, 0.3) is 11.1 Å². The van der Waals surface area contributed by atoms with Crippen LogP contribution in [0.3, 0.4) is 0 Å². The van der Waals surface area contributed by atoms with E-state index in [1.54, 1.807) is 18.5 Å². The predicted octanol–water partition coefficient (Wildman–Crippen LogP) is 2.90. The van der Waals surface area contributed by atoms with Crippen LogP contribution in [0.4, 0.5) is 4.39 Å². The summed E-state index contributed by atoms with van der Waals surface area (Å²) in [6.45, 7) is 1.91. The standard InChI is InChI=1S/C12H10FNO/c1-8-7-14-5-4-10(8)9-2-3-12(15)11(13)6-9/h2-7,15H,1H3. The molecule has 0 radical (unpaired) electrons. The second-order valence-electron chi connectivity index (χ2n) is 3.36. The summed E-state index contributed by atoms with van der Waals surface area (Å²) in [5.41, 5.74) is 2.64. The first-order valence-corrected chi connectivity index (χ1v) is 4.58. The van der Waals surface area contributed by atoms with Crippen LogP contribution < -0.4 is 0 Å². The van der Waals surface area contributed by atoms with Crippen LogP contribution in [0.1, 0.15) is 5.56 Å². The van der Waals surface area contributed by atoms with Crippen molar-refractivity contribution >= 4 is 0 Å². The number of phenols is 1. The number of hydrogen-bond donors (Lipinski definition) is 1. The van der Waals surface area contributed by atoms with Gasteiger partial charge < -0.3 is 5.11 Å². The molecule has 2 rings (SSSR count). The third-order valence-electron chi connectivity index (χ3n) is 2.28. The molecule has 1 N–H and O–H groups in total. The summed E-state index contributed by atoms with van der Waals surface area (Å²) in [6, 6.07) is 6.17. The first-order valence-electron chi connectivity index (χ1n) is 4.58. The largest absolute Gasteiger partial charge is 0.505 e. The van der Waals surface area contributed by atoms with Gasteiger partial charge in [-0.05, 0) is 41.8 Å². The number of halogens is 1. The molecule has 0 amide bonds. The van der Waals surface area contributed by atoms with E-state index in [9.17, 15) is 4.39 Å². The fraction of sp³-hybridized carbons (Fsp3) is 0.0833. The van der Waals surface area contributed by atoms with Crippen molar-refractivity contribution in [2.45, 2.75) is 6.92 Å². The Labute approximate surface area is 87.0 Å². The Morgan fingerprint density at radius 3 is 2.73 bits per heavy atom. The summed E-state index contributed by atoms with van der Waals surface area (Å²) >= 11 is 0. The van der Waals surface area contributed by atoms with Crippen molar-refractivity contribution in [2.75, 3.05) is 0 Å². The molecule has 0 bridgehead atoms. The lowest BCUT2D eigenvalue weighted by atomic mass is 10.0. The van der Waals surface area contributed by atoms with E-state index >= 15 is 0 Å². The molecule has 0 fully saturated rings. The minimum absolute atomic E-state index is 0.328. The van der Waals surface area contributed by atoms with E-state index in [0.717, 1.165) is 16.7 Å². The van der Waals surface area contributed by atoms with Crippen molar-refractivity contribution in [3.8, 4) is 16.9 Å². The Hall–Kier alpha value is -1.90. The molecule has 0 aliphatic heterocycles. The van der Waals surface area contributed by atoms with Crippen LogP contribution in [0, 0.1) is 12.7 Å². The molecule has 1 aromatic carbocycles. The lowest BCUT2D eigenvalue weighted by molar-refractivity contribution is 0.432. The zero-order chi connectivity index (χ0) is 10.8. The molecule has 1 aromatic heterocycles. The molecule has 3 heteroatoms. The van der Waals surface area contributed by atoms with Crippen LogP contribution in [0.15, 0.2) is 36.7 Å². The van der Waals surface area contributed by atoms with Crippen molar-refractivity contribution in [1.82, 2.24) is 4.98 Å². The summed E-state index contributed by atoms with van der Waals surface area (Å²) in [4.78, 5) is 3.97. The van der Waals surface area contributed by atoms with E-state index in [1.165, 1.54) is 12.1 Å². The monoisotopic (exact) mass is 203 g/mol. The van der Waals surface area contributed by atoms with Gasteiger partial charge in [0, 0.05) is 12.4 Å². The Morgan fingerprint density at radius 2 is 2.07 bits per heavy atom. The fourth-order valence-corrected chi connectivity index (χ4v) is 1.47. The van der Waals surface area contributed by atoms with Crippen molar-refractivity contribution in [3.05, 3.63) is 48.0 Å². The zero-order valence-electron chi connectivity index (χ0n) is 8.24. The average molecular weight is 203 g/mol. The van der Waals surface area contributed by atoms with Gasteiger partial charge in [-0.25, -0.2) is 4.39 Å². The molecule has 2 nitrogen and oxygen atoms in total.